The summed E-state index contributed by atoms with van der Waals surface area (Å²) in [6.45, 7) is 4.49. The second kappa shape index (κ2) is 8.63. The van der Waals surface area contributed by atoms with Gasteiger partial charge in [0.15, 0.2) is 5.65 Å². The molecule has 0 radical (unpaired) electrons. The predicted octanol–water partition coefficient (Wildman–Crippen LogP) is 4.06. The van der Waals surface area contributed by atoms with Gasteiger partial charge in [0, 0.05) is 43.0 Å². The van der Waals surface area contributed by atoms with E-state index in [1.54, 1.807) is 7.11 Å². The molecule has 0 saturated heterocycles. The van der Waals surface area contributed by atoms with Crippen molar-refractivity contribution in [1.82, 2.24) is 24.7 Å². The van der Waals surface area contributed by atoms with E-state index in [0.29, 0.717) is 23.8 Å². The number of benzene rings is 1. The summed E-state index contributed by atoms with van der Waals surface area (Å²) in [4.78, 5) is 15.0. The van der Waals surface area contributed by atoms with Gasteiger partial charge in [0.1, 0.15) is 23.7 Å². The van der Waals surface area contributed by atoms with Crippen LogP contribution in [-0.2, 0) is 13.0 Å². The fourth-order valence-corrected chi connectivity index (χ4v) is 4.16. The molecule has 0 aliphatic carbocycles. The summed E-state index contributed by atoms with van der Waals surface area (Å²) < 4.78 is 7.72. The number of aromatic nitrogens is 5. The lowest BCUT2D eigenvalue weighted by Crippen LogP contribution is -2.10. The summed E-state index contributed by atoms with van der Waals surface area (Å²) in [5.74, 6) is 2.11. The molecule has 8 nitrogen and oxygen atoms in total. The summed E-state index contributed by atoms with van der Waals surface area (Å²) in [5.41, 5.74) is 11.4. The van der Waals surface area contributed by atoms with Crippen molar-refractivity contribution in [1.29, 1.82) is 0 Å². The number of ether oxygens (including phenoxy) is 1. The van der Waals surface area contributed by atoms with E-state index in [4.69, 9.17) is 22.1 Å². The molecule has 32 heavy (non-hydrogen) atoms. The normalized spacial score (nSPS) is 11.2. The number of nitrogens with zero attached hydrogens (tertiary/aromatic N) is 6. The minimum absolute atomic E-state index is 0.436. The van der Waals surface area contributed by atoms with E-state index in [0.717, 1.165) is 50.5 Å². The Morgan fingerprint density at radius 3 is 2.59 bits per heavy atom. The lowest BCUT2D eigenvalue weighted by atomic mass is 9.96. The van der Waals surface area contributed by atoms with Crippen LogP contribution in [0.3, 0.4) is 0 Å². The average molecular weight is 452 g/mol. The van der Waals surface area contributed by atoms with E-state index in [1.807, 2.05) is 61.9 Å². The third-order valence-electron chi connectivity index (χ3n) is 5.58. The molecule has 0 unspecified atom stereocenters. The summed E-state index contributed by atoms with van der Waals surface area (Å²) in [6, 6.07) is 5.98. The number of aryl methyl sites for hydroxylation is 3. The smallest absolute Gasteiger partial charge is 0.163 e. The van der Waals surface area contributed by atoms with E-state index < -0.39 is 0 Å². The minimum Gasteiger partial charge on any atom is -0.496 e. The second-order valence-electron chi connectivity index (χ2n) is 7.87. The second-order valence-corrected chi connectivity index (χ2v) is 8.27. The van der Waals surface area contributed by atoms with Crippen molar-refractivity contribution in [3.8, 4) is 16.9 Å². The number of anilines is 2. The Labute approximate surface area is 192 Å². The standard InChI is InChI=1S/C23H26ClN7O/c1-13-17(24)10-15(8-9-31-23-20(14(2)29-31)22(25)27-12-28-23)21(32-5)19(13)16-6-7-18(26-11-16)30(3)4/h6-7,10-12H,8-9H2,1-5H3,(H2,25,27,28). The Morgan fingerprint density at radius 2 is 1.94 bits per heavy atom. The zero-order valence-corrected chi connectivity index (χ0v) is 19.6. The Bertz CT molecular complexity index is 1280. The first-order valence-corrected chi connectivity index (χ1v) is 10.6. The van der Waals surface area contributed by atoms with E-state index in [2.05, 4.69) is 20.1 Å². The Hall–Kier alpha value is -3.39. The minimum atomic E-state index is 0.436. The fraction of sp³-hybridized carbons (Fsp3) is 0.304. The molecule has 166 valence electrons. The Morgan fingerprint density at radius 1 is 1.16 bits per heavy atom. The van der Waals surface area contributed by atoms with Crippen molar-refractivity contribution in [2.75, 3.05) is 31.8 Å². The van der Waals surface area contributed by atoms with Crippen molar-refractivity contribution in [3.05, 3.63) is 52.6 Å². The summed E-state index contributed by atoms with van der Waals surface area (Å²) in [5, 5.41) is 6.08. The van der Waals surface area contributed by atoms with Gasteiger partial charge in [-0.25, -0.2) is 19.6 Å². The van der Waals surface area contributed by atoms with Crippen LogP contribution < -0.4 is 15.4 Å². The molecule has 0 fully saturated rings. The average Bonchev–Trinajstić information content (AvgIpc) is 3.10. The molecule has 3 aromatic heterocycles. The highest BCUT2D eigenvalue weighted by molar-refractivity contribution is 6.32. The van der Waals surface area contributed by atoms with E-state index >= 15 is 0 Å². The van der Waals surface area contributed by atoms with Gasteiger partial charge in [-0.15, -0.1) is 0 Å². The number of hydrogen-bond acceptors (Lipinski definition) is 7. The van der Waals surface area contributed by atoms with Gasteiger partial charge < -0.3 is 15.4 Å². The highest BCUT2D eigenvalue weighted by Crippen LogP contribution is 2.40. The van der Waals surface area contributed by atoms with Crippen LogP contribution in [0.5, 0.6) is 5.75 Å². The number of fused-ring (bicyclic) bond motifs is 1. The van der Waals surface area contributed by atoms with Gasteiger partial charge in [-0.3, -0.25) is 0 Å². The van der Waals surface area contributed by atoms with E-state index in [-0.39, 0.29) is 0 Å². The molecule has 0 atom stereocenters. The lowest BCUT2D eigenvalue weighted by molar-refractivity contribution is 0.409. The number of rotatable bonds is 6. The molecule has 3 heterocycles. The van der Waals surface area contributed by atoms with Crippen molar-refractivity contribution < 1.29 is 4.74 Å². The van der Waals surface area contributed by atoms with Crippen LogP contribution >= 0.6 is 11.6 Å². The maximum Gasteiger partial charge on any atom is 0.163 e. The molecule has 4 aromatic rings. The van der Waals surface area contributed by atoms with Crippen molar-refractivity contribution in [2.45, 2.75) is 26.8 Å². The Kier molecular flexibility index (Phi) is 5.88. The van der Waals surface area contributed by atoms with Gasteiger partial charge in [-0.1, -0.05) is 11.6 Å². The molecule has 4 rings (SSSR count). The van der Waals surface area contributed by atoms with Crippen LogP contribution in [-0.4, -0.2) is 45.9 Å². The fourth-order valence-electron chi connectivity index (χ4n) is 3.93. The number of methoxy groups -OCH3 is 1. The number of halogens is 1. The van der Waals surface area contributed by atoms with Gasteiger partial charge in [0.05, 0.1) is 18.2 Å². The molecule has 0 amide bonds. The third-order valence-corrected chi connectivity index (χ3v) is 5.97. The monoisotopic (exact) mass is 451 g/mol. The van der Waals surface area contributed by atoms with Crippen LogP contribution in [0.15, 0.2) is 30.7 Å². The van der Waals surface area contributed by atoms with Crippen LogP contribution in [0, 0.1) is 13.8 Å². The number of pyridine rings is 1. The van der Waals surface area contributed by atoms with E-state index in [1.165, 1.54) is 6.33 Å². The molecule has 0 saturated carbocycles. The molecular formula is C23H26ClN7O. The molecule has 1 aromatic carbocycles. The van der Waals surface area contributed by atoms with Crippen LogP contribution in [0.2, 0.25) is 5.02 Å². The topological polar surface area (TPSA) is 95.0 Å². The van der Waals surface area contributed by atoms with Crippen molar-refractivity contribution in [2.24, 2.45) is 0 Å². The molecule has 2 N–H and O–H groups in total. The van der Waals surface area contributed by atoms with Crippen LogP contribution in [0.1, 0.15) is 16.8 Å². The van der Waals surface area contributed by atoms with Crippen LogP contribution in [0.4, 0.5) is 11.6 Å². The molecule has 0 bridgehead atoms. The zero-order chi connectivity index (χ0) is 23.0. The number of nitrogen functional groups attached to an aromatic ring is 1. The molecular weight excluding hydrogens is 426 g/mol. The summed E-state index contributed by atoms with van der Waals surface area (Å²) in [7, 11) is 5.60. The lowest BCUT2D eigenvalue weighted by Gasteiger charge is -2.19. The van der Waals surface area contributed by atoms with Gasteiger partial charge in [-0.05, 0) is 49.6 Å². The van der Waals surface area contributed by atoms with Gasteiger partial charge in [0.2, 0.25) is 0 Å². The highest BCUT2D eigenvalue weighted by atomic mass is 35.5. The third kappa shape index (κ3) is 3.82. The molecule has 0 aliphatic heterocycles. The van der Waals surface area contributed by atoms with Gasteiger partial charge in [0.25, 0.3) is 0 Å². The van der Waals surface area contributed by atoms with Gasteiger partial charge >= 0.3 is 0 Å². The first-order chi connectivity index (χ1) is 15.3. The summed E-state index contributed by atoms with van der Waals surface area (Å²) in [6.07, 6.45) is 3.96. The first-order valence-electron chi connectivity index (χ1n) is 10.2. The summed E-state index contributed by atoms with van der Waals surface area (Å²) >= 11 is 6.64. The maximum absolute atomic E-state index is 6.64. The van der Waals surface area contributed by atoms with Crippen LogP contribution in [0.25, 0.3) is 22.2 Å². The van der Waals surface area contributed by atoms with Gasteiger partial charge in [-0.2, -0.15) is 5.10 Å². The van der Waals surface area contributed by atoms with Crippen molar-refractivity contribution >= 4 is 34.3 Å². The Balaban J connectivity index is 1.73. The largest absolute Gasteiger partial charge is 0.496 e. The molecule has 9 heteroatoms. The first kappa shape index (κ1) is 21.8. The quantitative estimate of drug-likeness (QED) is 0.472. The SMILES string of the molecule is COc1c(CCn2nc(C)c3c(N)ncnc32)cc(Cl)c(C)c1-c1ccc(N(C)C)nc1. The predicted molar refractivity (Wildman–Crippen MR) is 128 cm³/mol. The highest BCUT2D eigenvalue weighted by Gasteiger charge is 2.19. The number of nitrogens with two attached hydrogens (primary N) is 1. The number of hydrogen-bond donors (Lipinski definition) is 1. The zero-order valence-electron chi connectivity index (χ0n) is 18.8. The van der Waals surface area contributed by atoms with E-state index in [9.17, 15) is 0 Å². The van der Waals surface area contributed by atoms with Crippen molar-refractivity contribution in [3.63, 3.8) is 0 Å². The molecule has 0 spiro atoms. The molecule has 0 aliphatic rings. The maximum atomic E-state index is 6.64.